The molecule has 0 unspecified atom stereocenters. The summed E-state index contributed by atoms with van der Waals surface area (Å²) in [5.41, 5.74) is 4.46. The first-order chi connectivity index (χ1) is 9.45. The molecule has 20 heavy (non-hydrogen) atoms. The molecule has 2 rings (SSSR count). The van der Waals surface area contributed by atoms with Gasteiger partial charge in [-0.2, -0.15) is 0 Å². The Morgan fingerprint density at radius 1 is 1.30 bits per heavy atom. The minimum atomic E-state index is -2.50. The van der Waals surface area contributed by atoms with Crippen LogP contribution < -0.4 is 0 Å². The van der Waals surface area contributed by atoms with Crippen LogP contribution in [0.5, 0.6) is 0 Å². The molecule has 0 atom stereocenters. The third kappa shape index (κ3) is 2.62. The Balaban J connectivity index is 2.47. The average molecular weight is 277 g/mol. The number of allylic oxidation sites excluding steroid dienone is 2. The molecule has 106 valence electrons. The monoisotopic (exact) mass is 277 g/mol. The van der Waals surface area contributed by atoms with Crippen molar-refractivity contribution in [3.05, 3.63) is 40.9 Å². The molecule has 0 spiro atoms. The lowest BCUT2D eigenvalue weighted by molar-refractivity contribution is -0.342. The molecule has 0 bridgehead atoms. The summed E-state index contributed by atoms with van der Waals surface area (Å²) < 4.78 is 29.7. The van der Waals surface area contributed by atoms with Crippen molar-refractivity contribution in [3.8, 4) is 0 Å². The molecular formula is C15H20BF2N2+. The van der Waals surface area contributed by atoms with Gasteiger partial charge in [-0.1, -0.05) is 6.92 Å². The summed E-state index contributed by atoms with van der Waals surface area (Å²) in [6, 6.07) is 2.06. The molecule has 0 saturated heterocycles. The molecule has 0 amide bonds. The lowest BCUT2D eigenvalue weighted by Gasteiger charge is -2.03. The number of rotatable bonds is 4. The molecule has 0 aliphatic carbocycles. The Morgan fingerprint density at radius 2 is 2.00 bits per heavy atom. The van der Waals surface area contributed by atoms with E-state index in [1.54, 1.807) is 12.2 Å². The first kappa shape index (κ1) is 14.8. The van der Waals surface area contributed by atoms with Crippen LogP contribution in [0.15, 0.2) is 23.9 Å². The molecule has 0 fully saturated rings. The predicted molar refractivity (Wildman–Crippen MR) is 80.1 cm³/mol. The Bertz CT molecular complexity index is 610. The van der Waals surface area contributed by atoms with Crippen molar-refractivity contribution >= 4 is 19.2 Å². The maximum absolute atomic E-state index is 13.3. The molecule has 2 heterocycles. The first-order valence-electron chi connectivity index (χ1n) is 6.91. The van der Waals surface area contributed by atoms with Crippen molar-refractivity contribution in [1.82, 2.24) is 4.57 Å². The topological polar surface area (TPSA) is 7.94 Å². The number of hydrogen-bond acceptors (Lipinski definition) is 0. The van der Waals surface area contributed by atoms with Crippen LogP contribution >= 0.6 is 0 Å². The maximum atomic E-state index is 13.3. The normalized spacial score (nSPS) is 16.6. The van der Waals surface area contributed by atoms with Gasteiger partial charge in [0.1, 0.15) is 0 Å². The summed E-state index contributed by atoms with van der Waals surface area (Å²) >= 11 is 0. The molecule has 1 aromatic rings. The van der Waals surface area contributed by atoms with E-state index in [0.717, 1.165) is 27.9 Å². The van der Waals surface area contributed by atoms with Crippen molar-refractivity contribution in [2.45, 2.75) is 33.6 Å². The zero-order valence-electron chi connectivity index (χ0n) is 12.5. The Labute approximate surface area is 119 Å². The van der Waals surface area contributed by atoms with E-state index in [4.69, 9.17) is 0 Å². The van der Waals surface area contributed by atoms with Gasteiger partial charge in [0.25, 0.3) is 0 Å². The van der Waals surface area contributed by atoms with Gasteiger partial charge >= 0.3 is 7.40 Å². The number of aryl methyl sites for hydroxylation is 2. The number of nitrogens with zero attached hydrogens (tertiary/aromatic N) is 2. The molecule has 1 aliphatic heterocycles. The van der Waals surface area contributed by atoms with Gasteiger partial charge < -0.3 is 4.57 Å². The van der Waals surface area contributed by atoms with E-state index in [9.17, 15) is 8.63 Å². The molecule has 0 radical (unpaired) electrons. The van der Waals surface area contributed by atoms with Crippen molar-refractivity contribution in [2.24, 2.45) is 7.05 Å². The number of hydrogen-bond donors (Lipinski definition) is 0. The summed E-state index contributed by atoms with van der Waals surface area (Å²) in [6.45, 7) is 6.01. The summed E-state index contributed by atoms with van der Waals surface area (Å²) in [5, 5.41) is 0. The van der Waals surface area contributed by atoms with Crippen LogP contribution in [-0.4, -0.2) is 22.2 Å². The number of aromatic nitrogens is 1. The standard InChI is InChI=1S/C15H20BF2N2/c1-5-6-13-7-8-14(20(13)16(17)18)10-15-11(2)9-12(3)19(15)4/h7-10H,5-6H2,1-4H3/q+1. The first-order valence-corrected chi connectivity index (χ1v) is 6.91. The van der Waals surface area contributed by atoms with Crippen LogP contribution in [0.4, 0.5) is 8.63 Å². The highest BCUT2D eigenvalue weighted by molar-refractivity contribution is 6.35. The fourth-order valence-corrected chi connectivity index (χ4v) is 2.61. The third-order valence-corrected chi connectivity index (χ3v) is 3.74. The molecule has 0 aromatic carbocycles. The second kappa shape index (κ2) is 5.77. The second-order valence-corrected chi connectivity index (χ2v) is 5.20. The third-order valence-electron chi connectivity index (χ3n) is 3.74. The molecule has 0 saturated carbocycles. The van der Waals surface area contributed by atoms with E-state index < -0.39 is 7.40 Å². The Hall–Kier alpha value is -1.65. The lowest BCUT2D eigenvalue weighted by atomic mass is 10.1. The van der Waals surface area contributed by atoms with Gasteiger partial charge in [-0.25, -0.2) is 13.1 Å². The van der Waals surface area contributed by atoms with E-state index in [0.29, 0.717) is 17.8 Å². The fourth-order valence-electron chi connectivity index (χ4n) is 2.61. The van der Waals surface area contributed by atoms with Crippen molar-refractivity contribution in [3.63, 3.8) is 0 Å². The van der Waals surface area contributed by atoms with E-state index in [1.807, 2.05) is 38.5 Å². The van der Waals surface area contributed by atoms with Crippen LogP contribution in [-0.2, 0) is 7.05 Å². The van der Waals surface area contributed by atoms with Crippen LogP contribution in [0.25, 0.3) is 6.08 Å². The Kier molecular flexibility index (Phi) is 4.26. The van der Waals surface area contributed by atoms with E-state index in [1.165, 1.54) is 0 Å². The van der Waals surface area contributed by atoms with Gasteiger partial charge in [-0.3, -0.25) is 0 Å². The summed E-state index contributed by atoms with van der Waals surface area (Å²) in [5.74, 6) is 0. The van der Waals surface area contributed by atoms with Crippen molar-refractivity contribution < 1.29 is 13.1 Å². The van der Waals surface area contributed by atoms with Crippen molar-refractivity contribution in [2.75, 3.05) is 0 Å². The van der Waals surface area contributed by atoms with Gasteiger partial charge in [0.15, 0.2) is 11.4 Å². The highest BCUT2D eigenvalue weighted by Crippen LogP contribution is 2.21. The zero-order valence-corrected chi connectivity index (χ0v) is 12.5. The predicted octanol–water partition coefficient (Wildman–Crippen LogP) is 3.73. The smallest absolute Gasteiger partial charge is 0.348 e. The molecule has 0 N–H and O–H groups in total. The van der Waals surface area contributed by atoms with Crippen LogP contribution in [0.3, 0.4) is 0 Å². The van der Waals surface area contributed by atoms with Crippen LogP contribution in [0.1, 0.15) is 36.7 Å². The minimum absolute atomic E-state index is 0.563. The summed E-state index contributed by atoms with van der Waals surface area (Å²) in [6.07, 6.45) is 6.95. The molecular weight excluding hydrogens is 257 g/mol. The van der Waals surface area contributed by atoms with Gasteiger partial charge in [0.2, 0.25) is 0 Å². The maximum Gasteiger partial charge on any atom is 0.934 e. The fraction of sp³-hybridized carbons (Fsp3) is 0.400. The van der Waals surface area contributed by atoms with E-state index >= 15 is 0 Å². The molecule has 5 heteroatoms. The number of halogens is 2. The largest absolute Gasteiger partial charge is 0.934 e. The summed E-state index contributed by atoms with van der Waals surface area (Å²) in [7, 11) is -0.545. The van der Waals surface area contributed by atoms with E-state index in [2.05, 4.69) is 6.07 Å². The quantitative estimate of drug-likeness (QED) is 0.741. The Morgan fingerprint density at radius 3 is 2.50 bits per heavy atom. The van der Waals surface area contributed by atoms with Crippen LogP contribution in [0, 0.1) is 13.8 Å². The lowest BCUT2D eigenvalue weighted by Crippen LogP contribution is -2.24. The molecule has 1 aromatic heterocycles. The SMILES string of the molecule is CCCC1=[N+](B(F)F)/C(=C\c2c(C)cc(C)n2C)C=C1. The highest BCUT2D eigenvalue weighted by Gasteiger charge is 2.41. The summed E-state index contributed by atoms with van der Waals surface area (Å²) in [4.78, 5) is 0. The van der Waals surface area contributed by atoms with Crippen LogP contribution in [0.2, 0.25) is 0 Å². The van der Waals surface area contributed by atoms with Crippen molar-refractivity contribution in [1.29, 1.82) is 0 Å². The van der Waals surface area contributed by atoms with Gasteiger partial charge in [-0.15, -0.1) is 0 Å². The van der Waals surface area contributed by atoms with E-state index in [-0.39, 0.29) is 0 Å². The zero-order chi connectivity index (χ0) is 14.9. The minimum Gasteiger partial charge on any atom is -0.348 e. The second-order valence-electron chi connectivity index (χ2n) is 5.20. The highest BCUT2D eigenvalue weighted by atomic mass is 19.2. The molecule has 1 aliphatic rings. The van der Waals surface area contributed by atoms with Gasteiger partial charge in [0, 0.05) is 37.4 Å². The average Bonchev–Trinajstić information content (AvgIpc) is 2.87. The molecule has 2 nitrogen and oxygen atoms in total. The van der Waals surface area contributed by atoms with Gasteiger partial charge in [-0.05, 0) is 31.9 Å². The van der Waals surface area contributed by atoms with Gasteiger partial charge in [0.05, 0.1) is 5.69 Å².